The van der Waals surface area contributed by atoms with Crippen molar-refractivity contribution in [2.45, 2.75) is 24.5 Å². The van der Waals surface area contributed by atoms with Gasteiger partial charge in [0.1, 0.15) is 53.8 Å². The normalized spacial score (nSPS) is 13.5. The van der Waals surface area contributed by atoms with Crippen LogP contribution in [0.2, 0.25) is 0 Å². The lowest BCUT2D eigenvalue weighted by molar-refractivity contribution is 0.282. The summed E-state index contributed by atoms with van der Waals surface area (Å²) in [6.07, 6.45) is 0. The molecule has 0 aromatic heterocycles. The van der Waals surface area contributed by atoms with E-state index < -0.39 is 165 Å². The third-order valence-corrected chi connectivity index (χ3v) is 15.3. The number of fused-ring (bicyclic) bond motifs is 1. The Balaban J connectivity index is 1.97. The topological polar surface area (TPSA) is 459 Å². The number of phenolic OH excluding ortho intramolecular Hbond substituents is 1. The molecule has 0 amide bonds. The summed E-state index contributed by atoms with van der Waals surface area (Å²) < 4.78 is 237. The maximum Gasteiger partial charge on any atom is 0.397 e. The van der Waals surface area contributed by atoms with Crippen molar-refractivity contribution in [1.29, 1.82) is 0 Å². The molecule has 0 bridgehead atoms. The Labute approximate surface area is 368 Å². The molecular formula is C29H31N5O24S7. The zero-order valence-corrected chi connectivity index (χ0v) is 38.3. The molecule has 0 aliphatic carbocycles. The fourth-order valence-corrected chi connectivity index (χ4v) is 11.2. The van der Waals surface area contributed by atoms with Crippen LogP contribution < -0.4 is 14.8 Å². The molecule has 0 spiro atoms. The fourth-order valence-electron chi connectivity index (χ4n) is 5.37. The first-order chi connectivity index (χ1) is 29.6. The number of methoxy groups -OCH3 is 2. The molecule has 4 aromatic rings. The summed E-state index contributed by atoms with van der Waals surface area (Å²) in [5.74, 6) is -4.36. The predicted octanol–water partition coefficient (Wildman–Crippen LogP) is 2.36. The summed E-state index contributed by atoms with van der Waals surface area (Å²) in [6.45, 7) is -2.36. The summed E-state index contributed by atoms with van der Waals surface area (Å²) in [5, 5.41) is 28.2. The number of azo groups is 2. The van der Waals surface area contributed by atoms with Crippen LogP contribution in [-0.2, 0) is 79.2 Å². The van der Waals surface area contributed by atoms with Crippen molar-refractivity contribution in [2.75, 3.05) is 51.3 Å². The summed E-state index contributed by atoms with van der Waals surface area (Å²) in [7, 11) is -33.3. The zero-order valence-electron chi connectivity index (χ0n) is 32.5. The van der Waals surface area contributed by atoms with Gasteiger partial charge in [-0.15, -0.1) is 20.5 Å². The van der Waals surface area contributed by atoms with E-state index in [1.54, 1.807) is 0 Å². The number of aromatic hydroxyl groups is 1. The minimum absolute atomic E-state index is 0.0447. The van der Waals surface area contributed by atoms with Crippen molar-refractivity contribution in [1.82, 2.24) is 0 Å². The number of benzene rings is 4. The van der Waals surface area contributed by atoms with E-state index in [9.17, 15) is 77.7 Å². The lowest BCUT2D eigenvalue weighted by atomic mass is 10.1. The number of nitrogens with one attached hydrogen (secondary N) is 1. The Morgan fingerprint density at radius 1 is 0.508 bits per heavy atom. The molecule has 0 aliphatic rings. The first-order valence-corrected chi connectivity index (χ1v) is 26.9. The van der Waals surface area contributed by atoms with E-state index in [1.165, 1.54) is 7.05 Å². The second-order valence-electron chi connectivity index (χ2n) is 12.3. The highest BCUT2D eigenvalue weighted by molar-refractivity contribution is 7.93. The average Bonchev–Trinajstić information content (AvgIpc) is 3.16. The van der Waals surface area contributed by atoms with Crippen LogP contribution in [0.1, 0.15) is 0 Å². The van der Waals surface area contributed by atoms with Crippen LogP contribution in [0, 0.1) is 0 Å². The van der Waals surface area contributed by atoms with Crippen molar-refractivity contribution >= 4 is 110 Å². The summed E-state index contributed by atoms with van der Waals surface area (Å²) in [4.78, 5) is -6.44. The summed E-state index contributed by atoms with van der Waals surface area (Å²) in [6, 6.07) is 4.82. The molecule has 36 heteroatoms. The molecule has 0 aliphatic heterocycles. The van der Waals surface area contributed by atoms with Gasteiger partial charge in [0.15, 0.2) is 25.4 Å². The minimum atomic E-state index is -5.69. The summed E-state index contributed by atoms with van der Waals surface area (Å²) >= 11 is 0. The van der Waals surface area contributed by atoms with Crippen LogP contribution in [0.15, 0.2) is 87.4 Å². The molecule has 0 radical (unpaired) electrons. The number of hydrogen-bond donors (Lipinski definition) is 7. The summed E-state index contributed by atoms with van der Waals surface area (Å²) in [5.41, 5.74) is -3.26. The van der Waals surface area contributed by atoms with Crippen molar-refractivity contribution in [3.8, 4) is 17.2 Å². The number of anilines is 1. The number of rotatable bonds is 20. The van der Waals surface area contributed by atoms with E-state index in [2.05, 4.69) is 34.1 Å². The molecule has 0 saturated heterocycles. The highest BCUT2D eigenvalue weighted by Gasteiger charge is 2.32. The average molecular weight is 1060 g/mol. The van der Waals surface area contributed by atoms with Crippen LogP contribution in [0.4, 0.5) is 28.4 Å². The van der Waals surface area contributed by atoms with Gasteiger partial charge >= 0.3 is 20.8 Å². The Morgan fingerprint density at radius 2 is 1.00 bits per heavy atom. The highest BCUT2D eigenvalue weighted by Crippen LogP contribution is 2.48. The Hall–Kier alpha value is -5.09. The number of phenols is 1. The Morgan fingerprint density at radius 3 is 1.48 bits per heavy atom. The van der Waals surface area contributed by atoms with Gasteiger partial charge in [0.05, 0.1) is 49.5 Å². The maximum absolute atomic E-state index is 13.2. The molecule has 4 rings (SSSR count). The van der Waals surface area contributed by atoms with Gasteiger partial charge in [-0.05, 0) is 30.3 Å². The van der Waals surface area contributed by atoms with E-state index in [0.717, 1.165) is 38.5 Å². The lowest BCUT2D eigenvalue weighted by Gasteiger charge is -2.14. The lowest BCUT2D eigenvalue weighted by Crippen LogP contribution is -2.18. The standard InChI is InChI=1S/C29H31N5O24S7/c1-30-17-5-4-15-16(27(17)33-32-19-12-24(60(38,39)9-7-58-65(52,53)54)25(62(43,44)45)14-22(19)61(40,41)42)10-26(63(46,47)48)28(29(15)35)34-31-18-11-21(56-3)23(13-20(18)55-2)59(36,37)8-6-57-64(49,50)51/h4-5,10-14,30,35H,6-9H2,1-3H3,(H,40,41,42)(H,43,44,45)(H,46,47,48)(H,49,50,51)(H,52,53,54). The Kier molecular flexibility index (Phi) is 15.4. The molecule has 358 valence electrons. The van der Waals surface area contributed by atoms with Gasteiger partial charge in [-0.25, -0.2) is 25.2 Å². The molecule has 65 heavy (non-hydrogen) atoms. The van der Waals surface area contributed by atoms with E-state index in [1.807, 2.05) is 0 Å². The SMILES string of the molecule is CNc1ccc2c(O)c(N=Nc3cc(OC)c(S(=O)(=O)CCOS(=O)(=O)O)cc3OC)c(S(=O)(=O)O)cc2c1N=Nc1cc(S(=O)(=O)CCOS(=O)(=O)O)c(S(=O)(=O)O)cc1S(=O)(=O)O. The van der Waals surface area contributed by atoms with E-state index >= 15 is 0 Å². The number of sulfone groups is 2. The van der Waals surface area contributed by atoms with Gasteiger partial charge in [-0.3, -0.25) is 22.8 Å². The second-order valence-corrected chi connectivity index (χ2v) is 22.8. The van der Waals surface area contributed by atoms with Gasteiger partial charge in [0.2, 0.25) is 0 Å². The molecular weight excluding hydrogens is 1030 g/mol. The number of ether oxygens (including phenoxy) is 2. The molecule has 0 heterocycles. The van der Waals surface area contributed by atoms with Crippen molar-refractivity contribution in [2.24, 2.45) is 20.5 Å². The number of hydrogen-bond acceptors (Lipinski definition) is 24. The molecule has 7 N–H and O–H groups in total. The van der Waals surface area contributed by atoms with Crippen LogP contribution in [0.5, 0.6) is 17.2 Å². The second kappa shape index (κ2) is 19.0. The third kappa shape index (κ3) is 12.8. The van der Waals surface area contributed by atoms with Crippen LogP contribution in [-0.4, -0.2) is 133 Å². The third-order valence-electron chi connectivity index (χ3n) is 8.15. The first kappa shape index (κ1) is 52.5. The van der Waals surface area contributed by atoms with Crippen molar-refractivity contribution in [3.05, 3.63) is 42.5 Å². The fraction of sp³-hybridized carbons (Fsp3) is 0.241. The van der Waals surface area contributed by atoms with Crippen LogP contribution in [0.25, 0.3) is 10.8 Å². The van der Waals surface area contributed by atoms with Gasteiger partial charge < -0.3 is 19.9 Å². The van der Waals surface area contributed by atoms with Crippen LogP contribution in [0.3, 0.4) is 0 Å². The van der Waals surface area contributed by atoms with Crippen molar-refractivity contribution < 1.29 is 105 Å². The van der Waals surface area contributed by atoms with Crippen molar-refractivity contribution in [3.63, 3.8) is 0 Å². The predicted molar refractivity (Wildman–Crippen MR) is 218 cm³/mol. The van der Waals surface area contributed by atoms with Gasteiger partial charge in [0.25, 0.3) is 30.4 Å². The van der Waals surface area contributed by atoms with E-state index in [0.29, 0.717) is 6.07 Å². The van der Waals surface area contributed by atoms with Gasteiger partial charge in [0, 0.05) is 30.0 Å². The molecule has 0 unspecified atom stereocenters. The first-order valence-electron chi connectivity index (χ1n) is 16.5. The monoisotopic (exact) mass is 1060 g/mol. The van der Waals surface area contributed by atoms with E-state index in [4.69, 9.17) is 18.6 Å². The molecule has 0 fully saturated rings. The Bertz CT molecular complexity index is 3450. The zero-order chi connectivity index (χ0) is 49.3. The largest absolute Gasteiger partial charge is 0.505 e. The maximum atomic E-state index is 13.2. The van der Waals surface area contributed by atoms with E-state index in [-0.39, 0.29) is 23.2 Å². The highest BCUT2D eigenvalue weighted by atomic mass is 32.3. The molecule has 4 aromatic carbocycles. The molecule has 29 nitrogen and oxygen atoms in total. The molecule has 0 atom stereocenters. The molecule has 0 saturated carbocycles. The van der Waals surface area contributed by atoms with Gasteiger partial charge in [-0.1, -0.05) is 0 Å². The number of nitrogens with zero attached hydrogens (tertiary/aromatic N) is 4. The minimum Gasteiger partial charge on any atom is -0.505 e. The quantitative estimate of drug-likeness (QED) is 0.0493. The van der Waals surface area contributed by atoms with Crippen LogP contribution >= 0.6 is 0 Å². The smallest absolute Gasteiger partial charge is 0.397 e. The van der Waals surface area contributed by atoms with Gasteiger partial charge in [-0.2, -0.15) is 42.1 Å².